The van der Waals surface area contributed by atoms with Crippen molar-refractivity contribution in [3.63, 3.8) is 0 Å². The van der Waals surface area contributed by atoms with Gasteiger partial charge in [0, 0.05) is 19.1 Å². The first-order valence-corrected chi connectivity index (χ1v) is 12.5. The largest absolute Gasteiger partial charge is 0.496 e. The second-order valence-corrected chi connectivity index (χ2v) is 9.57. The van der Waals surface area contributed by atoms with Gasteiger partial charge in [-0.05, 0) is 44.2 Å². The molecule has 1 fully saturated rings. The summed E-state index contributed by atoms with van der Waals surface area (Å²) in [4.78, 5) is 45.9. The molecule has 2 aliphatic rings. The number of benzene rings is 1. The first kappa shape index (κ1) is 24.8. The molecular formula is C26H35N5O4. The van der Waals surface area contributed by atoms with Crippen molar-refractivity contribution < 1.29 is 19.1 Å². The van der Waals surface area contributed by atoms with Gasteiger partial charge in [-0.3, -0.25) is 14.4 Å². The van der Waals surface area contributed by atoms with Gasteiger partial charge in [-0.2, -0.15) is 0 Å². The van der Waals surface area contributed by atoms with Crippen molar-refractivity contribution in [1.82, 2.24) is 25.1 Å². The summed E-state index contributed by atoms with van der Waals surface area (Å²) >= 11 is 0. The number of hydrogen-bond acceptors (Lipinski definition) is 5. The lowest BCUT2D eigenvalue weighted by Crippen LogP contribution is -2.65. The zero-order valence-corrected chi connectivity index (χ0v) is 20.8. The van der Waals surface area contributed by atoms with Gasteiger partial charge in [0.2, 0.25) is 5.91 Å². The minimum atomic E-state index is -1.04. The Morgan fingerprint density at radius 1 is 1.23 bits per heavy atom. The highest BCUT2D eigenvalue weighted by Crippen LogP contribution is 2.30. The quantitative estimate of drug-likeness (QED) is 0.573. The molecule has 1 atom stereocenters. The maximum atomic E-state index is 13.6. The number of rotatable bonds is 9. The predicted octanol–water partition coefficient (Wildman–Crippen LogP) is 2.55. The van der Waals surface area contributed by atoms with Crippen molar-refractivity contribution >= 4 is 17.7 Å². The second kappa shape index (κ2) is 10.5. The van der Waals surface area contributed by atoms with Crippen molar-refractivity contribution in [3.8, 4) is 5.75 Å². The minimum Gasteiger partial charge on any atom is -0.496 e. The molecule has 0 spiro atoms. The summed E-state index contributed by atoms with van der Waals surface area (Å²) < 4.78 is 7.02. The Hall–Kier alpha value is -3.36. The third-order valence-electron chi connectivity index (χ3n) is 7.07. The van der Waals surface area contributed by atoms with E-state index < -0.39 is 11.4 Å². The highest BCUT2D eigenvalue weighted by molar-refractivity contribution is 6.07. The normalized spacial score (nSPS) is 20.0. The lowest BCUT2D eigenvalue weighted by atomic mass is 9.93. The molecule has 1 aliphatic heterocycles. The number of aromatic nitrogens is 2. The number of amides is 3. The van der Waals surface area contributed by atoms with E-state index >= 15 is 0 Å². The monoisotopic (exact) mass is 481 g/mol. The summed E-state index contributed by atoms with van der Waals surface area (Å²) in [7, 11) is 1.62. The van der Waals surface area contributed by atoms with Crippen LogP contribution in [0.1, 0.15) is 72.5 Å². The van der Waals surface area contributed by atoms with Crippen LogP contribution in [0.5, 0.6) is 5.75 Å². The fourth-order valence-corrected chi connectivity index (χ4v) is 5.14. The fraction of sp³-hybridized carbons (Fsp3) is 0.538. The number of carbonyl (C=O) groups is 3. The molecule has 2 heterocycles. The fourth-order valence-electron chi connectivity index (χ4n) is 5.14. The van der Waals surface area contributed by atoms with Gasteiger partial charge >= 0.3 is 0 Å². The van der Waals surface area contributed by atoms with Gasteiger partial charge in [-0.25, -0.2) is 4.98 Å². The number of hydrogen-bond donors (Lipinski definition) is 2. The minimum absolute atomic E-state index is 0.0920. The van der Waals surface area contributed by atoms with E-state index in [1.807, 2.05) is 31.2 Å². The van der Waals surface area contributed by atoms with Crippen molar-refractivity contribution in [2.75, 3.05) is 20.2 Å². The highest BCUT2D eigenvalue weighted by Gasteiger charge is 2.48. The first-order chi connectivity index (χ1) is 16.9. The van der Waals surface area contributed by atoms with Gasteiger partial charge in [0.05, 0.1) is 20.0 Å². The third-order valence-corrected chi connectivity index (χ3v) is 7.07. The van der Waals surface area contributed by atoms with E-state index in [0.29, 0.717) is 25.9 Å². The summed E-state index contributed by atoms with van der Waals surface area (Å²) in [6, 6.07) is 7.81. The molecule has 1 saturated carbocycles. The smallest absolute Gasteiger partial charge is 0.273 e. The number of methoxy groups -OCH3 is 1. The molecule has 188 valence electrons. The van der Waals surface area contributed by atoms with Gasteiger partial charge in [0.1, 0.15) is 17.0 Å². The second-order valence-electron chi connectivity index (χ2n) is 9.57. The van der Waals surface area contributed by atoms with E-state index in [0.717, 1.165) is 37.0 Å². The van der Waals surface area contributed by atoms with Crippen LogP contribution in [0, 0.1) is 0 Å². The molecule has 0 unspecified atom stereocenters. The van der Waals surface area contributed by atoms with E-state index in [1.165, 1.54) is 6.33 Å². The van der Waals surface area contributed by atoms with E-state index in [2.05, 4.69) is 15.6 Å². The molecular weight excluding hydrogens is 446 g/mol. The molecule has 1 aliphatic carbocycles. The Balaban J connectivity index is 1.50. The maximum Gasteiger partial charge on any atom is 0.273 e. The Kier molecular flexibility index (Phi) is 7.42. The molecule has 9 heteroatoms. The van der Waals surface area contributed by atoms with Gasteiger partial charge in [-0.1, -0.05) is 38.0 Å². The molecule has 3 amide bonds. The summed E-state index contributed by atoms with van der Waals surface area (Å²) in [6.07, 6.45) is 6.94. The van der Waals surface area contributed by atoms with Crippen molar-refractivity contribution in [3.05, 3.63) is 47.5 Å². The summed E-state index contributed by atoms with van der Waals surface area (Å²) in [6.45, 7) is 4.84. The Bertz CT molecular complexity index is 1090. The summed E-state index contributed by atoms with van der Waals surface area (Å²) in [5.41, 5.74) is 0.270. The topological polar surface area (TPSA) is 106 Å². The molecule has 35 heavy (non-hydrogen) atoms. The van der Waals surface area contributed by atoms with Gasteiger partial charge in [0.25, 0.3) is 11.8 Å². The molecule has 0 saturated heterocycles. The van der Waals surface area contributed by atoms with Crippen molar-refractivity contribution in [2.24, 2.45) is 0 Å². The van der Waals surface area contributed by atoms with Crippen molar-refractivity contribution in [2.45, 2.75) is 70.5 Å². The molecule has 0 bridgehead atoms. The zero-order valence-electron chi connectivity index (χ0n) is 20.8. The zero-order chi connectivity index (χ0) is 25.0. The van der Waals surface area contributed by atoms with Crippen LogP contribution in [0.2, 0.25) is 0 Å². The average molecular weight is 482 g/mol. The van der Waals surface area contributed by atoms with Gasteiger partial charge in [-0.15, -0.1) is 0 Å². The first-order valence-electron chi connectivity index (χ1n) is 12.5. The van der Waals surface area contributed by atoms with Crippen LogP contribution < -0.4 is 15.4 Å². The number of nitrogens with one attached hydrogen (secondary N) is 2. The number of fused-ring (bicyclic) bond motifs is 1. The number of imidazole rings is 1. The SMILES string of the molecule is CCCN1C(=O)c2c(C(=O)NCCc3ccccc3OC)ncn2C[C@]1(C)C(=O)NC1CCCC1. The maximum absolute atomic E-state index is 13.6. The Labute approximate surface area is 206 Å². The highest BCUT2D eigenvalue weighted by atomic mass is 16.5. The summed E-state index contributed by atoms with van der Waals surface area (Å²) in [5, 5.41) is 6.03. The Morgan fingerprint density at radius 2 is 1.97 bits per heavy atom. The van der Waals surface area contributed by atoms with E-state index in [4.69, 9.17) is 4.74 Å². The number of para-hydroxylation sites is 1. The molecule has 4 rings (SSSR count). The van der Waals surface area contributed by atoms with Gasteiger partial charge in [0.15, 0.2) is 5.69 Å². The van der Waals surface area contributed by atoms with Crippen LogP contribution in [0.25, 0.3) is 0 Å². The van der Waals surface area contributed by atoms with Gasteiger partial charge < -0.3 is 24.8 Å². The average Bonchev–Trinajstić information content (AvgIpc) is 3.52. The third kappa shape index (κ3) is 4.90. The molecule has 2 aromatic rings. The van der Waals surface area contributed by atoms with Crippen LogP contribution in [-0.4, -0.2) is 64.0 Å². The molecule has 9 nitrogen and oxygen atoms in total. The number of carbonyl (C=O) groups excluding carboxylic acids is 3. The molecule has 2 N–H and O–H groups in total. The lowest BCUT2D eigenvalue weighted by molar-refractivity contribution is -0.133. The summed E-state index contributed by atoms with van der Waals surface area (Å²) in [5.74, 6) is -0.123. The van der Waals surface area contributed by atoms with E-state index in [9.17, 15) is 14.4 Å². The Morgan fingerprint density at radius 3 is 2.69 bits per heavy atom. The lowest BCUT2D eigenvalue weighted by Gasteiger charge is -2.44. The standard InChI is InChI=1S/C26H35N5O4/c1-4-15-31-24(33)22-21(23(32)27-14-13-18-9-5-8-12-20(18)35-3)28-17-30(22)16-26(31,2)25(34)29-19-10-6-7-11-19/h5,8-9,12,17,19H,4,6-7,10-11,13-16H2,1-3H3,(H,27,32)(H,29,34)/t26-/m1/s1. The van der Waals surface area contributed by atoms with Crippen LogP contribution >= 0.6 is 0 Å². The number of nitrogens with zero attached hydrogens (tertiary/aromatic N) is 3. The number of ether oxygens (including phenoxy) is 1. The predicted molar refractivity (Wildman–Crippen MR) is 131 cm³/mol. The molecule has 1 aromatic heterocycles. The molecule has 0 radical (unpaired) electrons. The van der Waals surface area contributed by atoms with Crippen molar-refractivity contribution in [1.29, 1.82) is 0 Å². The van der Waals surface area contributed by atoms with Crippen LogP contribution in [0.3, 0.4) is 0 Å². The molecule has 1 aromatic carbocycles. The van der Waals surface area contributed by atoms with Crippen LogP contribution in [0.15, 0.2) is 30.6 Å². The van der Waals surface area contributed by atoms with Crippen LogP contribution in [-0.2, 0) is 17.8 Å². The van der Waals surface area contributed by atoms with E-state index in [-0.39, 0.29) is 35.8 Å². The van der Waals surface area contributed by atoms with Crippen LogP contribution in [0.4, 0.5) is 0 Å². The van der Waals surface area contributed by atoms with E-state index in [1.54, 1.807) is 23.5 Å².